The Labute approximate surface area is 66.0 Å². The van der Waals surface area contributed by atoms with Gasteiger partial charge in [0.2, 0.25) is 0 Å². The van der Waals surface area contributed by atoms with Crippen molar-refractivity contribution in [3.63, 3.8) is 0 Å². The van der Waals surface area contributed by atoms with Crippen LogP contribution in [0.25, 0.3) is 0 Å². The van der Waals surface area contributed by atoms with Gasteiger partial charge in [0, 0.05) is 0 Å². The van der Waals surface area contributed by atoms with Crippen LogP contribution in [0.15, 0.2) is 0 Å². The maximum absolute atomic E-state index is 2.45. The molecule has 0 spiro atoms. The summed E-state index contributed by atoms with van der Waals surface area (Å²) in [7, 11) is 0. The first-order valence-electron chi connectivity index (χ1n) is 4.51. The fourth-order valence-electron chi connectivity index (χ4n) is 0.857. The standard InChI is InChI=1S/C10H21/c1-5-6-7-8-10(4)9(2)3/h8-10H,5-7H2,1-4H3/q+1. The molecule has 0 saturated heterocycles. The fourth-order valence-corrected chi connectivity index (χ4v) is 0.857. The first-order chi connectivity index (χ1) is 4.68. The zero-order chi connectivity index (χ0) is 7.98. The summed E-state index contributed by atoms with van der Waals surface area (Å²) in [4.78, 5) is 0. The van der Waals surface area contributed by atoms with Crippen LogP contribution >= 0.6 is 0 Å². The van der Waals surface area contributed by atoms with Crippen molar-refractivity contribution in [2.75, 3.05) is 0 Å². The molecule has 1 unspecified atom stereocenters. The second kappa shape index (κ2) is 5.64. The van der Waals surface area contributed by atoms with Crippen LogP contribution in [0.1, 0.15) is 47.0 Å². The molecule has 1 atom stereocenters. The van der Waals surface area contributed by atoms with Crippen LogP contribution in [0.3, 0.4) is 0 Å². The van der Waals surface area contributed by atoms with Gasteiger partial charge in [0.05, 0.1) is 18.8 Å². The van der Waals surface area contributed by atoms with Crippen LogP contribution in [0.4, 0.5) is 0 Å². The van der Waals surface area contributed by atoms with E-state index in [4.69, 9.17) is 0 Å². The van der Waals surface area contributed by atoms with Crippen molar-refractivity contribution in [2.45, 2.75) is 47.0 Å². The molecule has 0 fully saturated rings. The Balaban J connectivity index is 3.13. The van der Waals surface area contributed by atoms with Gasteiger partial charge < -0.3 is 0 Å². The van der Waals surface area contributed by atoms with Crippen molar-refractivity contribution < 1.29 is 0 Å². The van der Waals surface area contributed by atoms with Crippen LogP contribution in [-0.4, -0.2) is 0 Å². The van der Waals surface area contributed by atoms with Crippen LogP contribution in [0.5, 0.6) is 0 Å². The van der Waals surface area contributed by atoms with E-state index < -0.39 is 0 Å². The normalized spacial score (nSPS) is 13.7. The highest BCUT2D eigenvalue weighted by Crippen LogP contribution is 2.16. The van der Waals surface area contributed by atoms with Crippen molar-refractivity contribution in [2.24, 2.45) is 11.8 Å². The van der Waals surface area contributed by atoms with Gasteiger partial charge in [-0.15, -0.1) is 0 Å². The summed E-state index contributed by atoms with van der Waals surface area (Å²) >= 11 is 0. The Morgan fingerprint density at radius 1 is 1.20 bits per heavy atom. The first kappa shape index (κ1) is 9.87. The van der Waals surface area contributed by atoms with Gasteiger partial charge in [-0.2, -0.15) is 0 Å². The molecule has 0 N–H and O–H groups in total. The predicted octanol–water partition coefficient (Wildman–Crippen LogP) is 3.67. The maximum Gasteiger partial charge on any atom is 0.0972 e. The predicted molar refractivity (Wildman–Crippen MR) is 47.8 cm³/mol. The summed E-state index contributed by atoms with van der Waals surface area (Å²) < 4.78 is 0. The van der Waals surface area contributed by atoms with E-state index in [1.54, 1.807) is 0 Å². The average Bonchev–Trinajstić information content (AvgIpc) is 1.88. The highest BCUT2D eigenvalue weighted by Gasteiger charge is 2.13. The van der Waals surface area contributed by atoms with Gasteiger partial charge >= 0.3 is 0 Å². The van der Waals surface area contributed by atoms with E-state index in [0.29, 0.717) is 0 Å². The lowest BCUT2D eigenvalue weighted by molar-refractivity contribution is 0.456. The lowest BCUT2D eigenvalue weighted by atomic mass is 9.92. The molecule has 0 aliphatic carbocycles. The molecular formula is C10H21+. The Morgan fingerprint density at radius 2 is 1.80 bits per heavy atom. The minimum atomic E-state index is 0.798. The Kier molecular flexibility index (Phi) is 5.57. The number of unbranched alkanes of at least 4 members (excludes halogenated alkanes) is 2. The molecule has 0 aromatic carbocycles. The van der Waals surface area contributed by atoms with Gasteiger partial charge in [-0.25, -0.2) is 0 Å². The summed E-state index contributed by atoms with van der Waals surface area (Å²) in [5.74, 6) is 1.61. The van der Waals surface area contributed by atoms with Gasteiger partial charge in [-0.1, -0.05) is 27.2 Å². The summed E-state index contributed by atoms with van der Waals surface area (Å²) in [6.45, 7) is 9.12. The second-order valence-electron chi connectivity index (χ2n) is 3.48. The molecular weight excluding hydrogens is 120 g/mol. The molecule has 0 saturated carbocycles. The highest BCUT2D eigenvalue weighted by molar-refractivity contribution is 4.74. The number of hydrogen-bond donors (Lipinski definition) is 0. The summed E-state index contributed by atoms with van der Waals surface area (Å²) in [5.41, 5.74) is 0. The first-order valence-corrected chi connectivity index (χ1v) is 4.51. The second-order valence-corrected chi connectivity index (χ2v) is 3.48. The molecule has 0 radical (unpaired) electrons. The van der Waals surface area contributed by atoms with E-state index in [-0.39, 0.29) is 0 Å². The van der Waals surface area contributed by atoms with E-state index in [9.17, 15) is 0 Å². The van der Waals surface area contributed by atoms with E-state index in [1.807, 2.05) is 0 Å². The topological polar surface area (TPSA) is 0 Å². The summed E-state index contributed by atoms with van der Waals surface area (Å²) in [6, 6.07) is 0. The van der Waals surface area contributed by atoms with E-state index >= 15 is 0 Å². The molecule has 0 amide bonds. The lowest BCUT2D eigenvalue weighted by Gasteiger charge is -2.05. The van der Waals surface area contributed by atoms with E-state index in [1.165, 1.54) is 19.3 Å². The maximum atomic E-state index is 2.45. The smallest absolute Gasteiger partial charge is 0.0652 e. The van der Waals surface area contributed by atoms with Crippen molar-refractivity contribution in [3.8, 4) is 0 Å². The van der Waals surface area contributed by atoms with Gasteiger partial charge in [0.15, 0.2) is 0 Å². The van der Waals surface area contributed by atoms with Crippen molar-refractivity contribution in [3.05, 3.63) is 6.42 Å². The molecule has 0 heteroatoms. The third-order valence-electron chi connectivity index (χ3n) is 2.15. The monoisotopic (exact) mass is 141 g/mol. The SMILES string of the molecule is CCCC[CH+]C(C)C(C)C. The average molecular weight is 141 g/mol. The molecule has 0 aliphatic heterocycles. The molecule has 0 rings (SSSR count). The van der Waals surface area contributed by atoms with Gasteiger partial charge in [-0.3, -0.25) is 0 Å². The van der Waals surface area contributed by atoms with Crippen LogP contribution in [-0.2, 0) is 0 Å². The molecule has 60 valence electrons. The van der Waals surface area contributed by atoms with Gasteiger partial charge in [0.1, 0.15) is 0 Å². The van der Waals surface area contributed by atoms with E-state index in [2.05, 4.69) is 34.1 Å². The number of hydrogen-bond acceptors (Lipinski definition) is 0. The van der Waals surface area contributed by atoms with Gasteiger partial charge in [0.25, 0.3) is 0 Å². The summed E-state index contributed by atoms with van der Waals surface area (Å²) in [5, 5.41) is 0. The van der Waals surface area contributed by atoms with E-state index in [0.717, 1.165) is 11.8 Å². The molecule has 0 heterocycles. The summed E-state index contributed by atoms with van der Waals surface area (Å²) in [6.07, 6.45) is 6.43. The quantitative estimate of drug-likeness (QED) is 0.405. The zero-order valence-corrected chi connectivity index (χ0v) is 7.85. The van der Waals surface area contributed by atoms with Gasteiger partial charge in [-0.05, 0) is 19.3 Å². The molecule has 0 nitrogen and oxygen atoms in total. The third-order valence-corrected chi connectivity index (χ3v) is 2.15. The third kappa shape index (κ3) is 4.72. The number of rotatable bonds is 5. The highest BCUT2D eigenvalue weighted by atomic mass is 14.1. The fraction of sp³-hybridized carbons (Fsp3) is 0.900. The minimum Gasteiger partial charge on any atom is -0.0652 e. The Bertz CT molecular complexity index is 64.4. The largest absolute Gasteiger partial charge is 0.0972 e. The van der Waals surface area contributed by atoms with Crippen molar-refractivity contribution >= 4 is 0 Å². The minimum absolute atomic E-state index is 0.798. The van der Waals surface area contributed by atoms with Crippen molar-refractivity contribution in [1.82, 2.24) is 0 Å². The van der Waals surface area contributed by atoms with Crippen LogP contribution in [0, 0.1) is 18.3 Å². The molecule has 0 aliphatic rings. The Morgan fingerprint density at radius 3 is 2.20 bits per heavy atom. The lowest BCUT2D eigenvalue weighted by Crippen LogP contribution is -2.03. The molecule has 0 aromatic rings. The van der Waals surface area contributed by atoms with Crippen LogP contribution < -0.4 is 0 Å². The van der Waals surface area contributed by atoms with Crippen LogP contribution in [0.2, 0.25) is 0 Å². The molecule has 0 aromatic heterocycles. The molecule has 0 bridgehead atoms. The zero-order valence-electron chi connectivity index (χ0n) is 7.85. The Hall–Kier alpha value is -0.130. The van der Waals surface area contributed by atoms with Crippen molar-refractivity contribution in [1.29, 1.82) is 0 Å². The molecule has 10 heavy (non-hydrogen) atoms.